The highest BCUT2D eigenvalue weighted by Crippen LogP contribution is 2.22. The van der Waals surface area contributed by atoms with Crippen molar-refractivity contribution in [2.75, 3.05) is 6.61 Å². The molecule has 0 radical (unpaired) electrons. The highest BCUT2D eigenvalue weighted by Gasteiger charge is 2.20. The molecule has 2 N–H and O–H groups in total. The number of aliphatic hydroxyl groups is 1. The topological polar surface area (TPSA) is 66.4 Å². The Morgan fingerprint density at radius 3 is 2.69 bits per heavy atom. The predicted octanol–water partition coefficient (Wildman–Crippen LogP) is 1.14. The van der Waals surface area contributed by atoms with E-state index in [4.69, 9.17) is 16.7 Å². The molecule has 1 unspecified atom stereocenters. The van der Waals surface area contributed by atoms with Gasteiger partial charge in [0.05, 0.1) is 11.6 Å². The van der Waals surface area contributed by atoms with E-state index in [1.54, 1.807) is 0 Å². The Bertz CT molecular complexity index is 478. The number of nitrogens with one attached hydrogen (secondary N) is 1. The summed E-state index contributed by atoms with van der Waals surface area (Å²) in [4.78, 5) is -0.212. The summed E-state index contributed by atoms with van der Waals surface area (Å²) in [6, 6.07) is 2.36. The van der Waals surface area contributed by atoms with Crippen molar-refractivity contribution < 1.29 is 17.9 Å². The first-order chi connectivity index (χ1) is 7.36. The van der Waals surface area contributed by atoms with Crippen molar-refractivity contribution in [2.24, 2.45) is 0 Å². The average molecular weight is 268 g/mol. The summed E-state index contributed by atoms with van der Waals surface area (Å²) in [5.41, 5.74) is 0. The van der Waals surface area contributed by atoms with Gasteiger partial charge in [0.25, 0.3) is 0 Å². The minimum Gasteiger partial charge on any atom is -0.395 e. The lowest BCUT2D eigenvalue weighted by Gasteiger charge is -2.12. The van der Waals surface area contributed by atoms with Crippen LogP contribution in [0.2, 0.25) is 5.02 Å². The summed E-state index contributed by atoms with van der Waals surface area (Å²) in [6.45, 7) is 1.16. The second-order valence-corrected chi connectivity index (χ2v) is 5.37. The predicted molar refractivity (Wildman–Crippen MR) is 58.3 cm³/mol. The molecule has 0 aliphatic heterocycles. The molecule has 0 aliphatic carbocycles. The van der Waals surface area contributed by atoms with Gasteiger partial charge in [0.1, 0.15) is 10.7 Å². The van der Waals surface area contributed by atoms with Gasteiger partial charge in [0.15, 0.2) is 0 Å². The Hall–Kier alpha value is -0.690. The molecule has 0 saturated carbocycles. The maximum atomic E-state index is 12.7. The molecular weight excluding hydrogens is 257 g/mol. The Morgan fingerprint density at radius 1 is 1.56 bits per heavy atom. The number of halogens is 2. The van der Waals surface area contributed by atoms with E-state index in [0.29, 0.717) is 0 Å². The molecule has 0 spiro atoms. The van der Waals surface area contributed by atoms with Crippen molar-refractivity contribution in [1.82, 2.24) is 4.72 Å². The number of sulfonamides is 1. The van der Waals surface area contributed by atoms with E-state index in [1.165, 1.54) is 6.92 Å². The van der Waals surface area contributed by atoms with Gasteiger partial charge in [-0.05, 0) is 25.1 Å². The van der Waals surface area contributed by atoms with E-state index in [1.807, 2.05) is 0 Å². The molecule has 0 saturated heterocycles. The maximum Gasteiger partial charge on any atom is 0.242 e. The van der Waals surface area contributed by atoms with Gasteiger partial charge >= 0.3 is 0 Å². The van der Waals surface area contributed by atoms with Crippen LogP contribution in [0.1, 0.15) is 6.92 Å². The van der Waals surface area contributed by atoms with Gasteiger partial charge in [-0.3, -0.25) is 0 Å². The molecule has 1 aromatic carbocycles. The van der Waals surface area contributed by atoms with Crippen LogP contribution in [-0.2, 0) is 10.0 Å². The average Bonchev–Trinajstić information content (AvgIpc) is 2.16. The first-order valence-electron chi connectivity index (χ1n) is 4.45. The monoisotopic (exact) mass is 267 g/mol. The third kappa shape index (κ3) is 3.15. The van der Waals surface area contributed by atoms with Crippen LogP contribution in [0.25, 0.3) is 0 Å². The molecule has 0 amide bonds. The fraction of sp³-hybridized carbons (Fsp3) is 0.333. The SMILES string of the molecule is CC(CO)NS(=O)(=O)c1ccc(F)cc1Cl. The highest BCUT2D eigenvalue weighted by atomic mass is 35.5. The fourth-order valence-electron chi connectivity index (χ4n) is 1.06. The molecule has 0 heterocycles. The third-order valence-corrected chi connectivity index (χ3v) is 3.89. The molecule has 16 heavy (non-hydrogen) atoms. The van der Waals surface area contributed by atoms with Crippen LogP contribution in [0.3, 0.4) is 0 Å². The number of benzene rings is 1. The van der Waals surface area contributed by atoms with Crippen molar-refractivity contribution in [3.05, 3.63) is 29.0 Å². The largest absolute Gasteiger partial charge is 0.395 e. The quantitative estimate of drug-likeness (QED) is 0.860. The molecule has 0 aliphatic rings. The van der Waals surface area contributed by atoms with Crippen molar-refractivity contribution >= 4 is 21.6 Å². The molecule has 1 aromatic rings. The molecule has 0 aromatic heterocycles. The molecule has 1 rings (SSSR count). The van der Waals surface area contributed by atoms with Gasteiger partial charge in [-0.1, -0.05) is 11.6 Å². The van der Waals surface area contributed by atoms with E-state index in [9.17, 15) is 12.8 Å². The number of hydrogen-bond donors (Lipinski definition) is 2. The zero-order valence-electron chi connectivity index (χ0n) is 8.44. The zero-order chi connectivity index (χ0) is 12.3. The van der Waals surface area contributed by atoms with Crippen LogP contribution < -0.4 is 4.72 Å². The highest BCUT2D eigenvalue weighted by molar-refractivity contribution is 7.89. The zero-order valence-corrected chi connectivity index (χ0v) is 10.0. The normalized spacial score (nSPS) is 13.8. The minimum atomic E-state index is -3.83. The molecule has 1 atom stereocenters. The van der Waals surface area contributed by atoms with E-state index >= 15 is 0 Å². The van der Waals surface area contributed by atoms with Crippen molar-refractivity contribution in [3.8, 4) is 0 Å². The molecule has 90 valence electrons. The molecule has 0 fully saturated rings. The molecule has 7 heteroatoms. The summed E-state index contributed by atoms with van der Waals surface area (Å²) in [6.07, 6.45) is 0. The smallest absolute Gasteiger partial charge is 0.242 e. The Labute approximate surface area is 98.1 Å². The first-order valence-corrected chi connectivity index (χ1v) is 6.31. The van der Waals surface area contributed by atoms with Gasteiger partial charge in [0.2, 0.25) is 10.0 Å². The lowest BCUT2D eigenvalue weighted by atomic mass is 10.3. The summed E-state index contributed by atoms with van der Waals surface area (Å²) in [5.74, 6) is -0.612. The van der Waals surface area contributed by atoms with Crippen LogP contribution in [0.4, 0.5) is 4.39 Å². The first kappa shape index (κ1) is 13.4. The van der Waals surface area contributed by atoms with Crippen LogP contribution >= 0.6 is 11.6 Å². The Balaban J connectivity index is 3.08. The van der Waals surface area contributed by atoms with Gasteiger partial charge in [-0.2, -0.15) is 0 Å². The van der Waals surface area contributed by atoms with Crippen LogP contribution in [0.5, 0.6) is 0 Å². The van der Waals surface area contributed by atoms with Gasteiger partial charge in [-0.25, -0.2) is 17.5 Å². The maximum absolute atomic E-state index is 12.7. The van der Waals surface area contributed by atoms with Gasteiger partial charge < -0.3 is 5.11 Å². The number of rotatable bonds is 4. The van der Waals surface area contributed by atoms with E-state index < -0.39 is 21.9 Å². The molecule has 0 bridgehead atoms. The lowest BCUT2D eigenvalue weighted by molar-refractivity contribution is 0.265. The number of aliphatic hydroxyl groups excluding tert-OH is 1. The van der Waals surface area contributed by atoms with Crippen LogP contribution in [0.15, 0.2) is 23.1 Å². The Morgan fingerprint density at radius 2 is 2.19 bits per heavy atom. The Kier molecular flexibility index (Phi) is 4.26. The van der Waals surface area contributed by atoms with Crippen molar-refractivity contribution in [2.45, 2.75) is 17.9 Å². The second-order valence-electron chi connectivity index (χ2n) is 3.28. The second kappa shape index (κ2) is 5.09. The summed E-state index contributed by atoms with van der Waals surface area (Å²) >= 11 is 5.62. The fourth-order valence-corrected chi connectivity index (χ4v) is 2.82. The standard InChI is InChI=1S/C9H11ClFNO3S/c1-6(5-13)12-16(14,15)9-3-2-7(11)4-8(9)10/h2-4,6,12-13H,5H2,1H3. The van der Waals surface area contributed by atoms with Crippen molar-refractivity contribution in [3.63, 3.8) is 0 Å². The number of hydrogen-bond acceptors (Lipinski definition) is 3. The minimum absolute atomic E-state index is 0.197. The van der Waals surface area contributed by atoms with E-state index in [0.717, 1.165) is 18.2 Å². The summed E-state index contributed by atoms with van der Waals surface area (Å²) < 4.78 is 38.3. The van der Waals surface area contributed by atoms with Gasteiger partial charge in [0, 0.05) is 6.04 Å². The third-order valence-electron chi connectivity index (χ3n) is 1.81. The molecular formula is C9H11ClFNO3S. The van der Waals surface area contributed by atoms with E-state index in [2.05, 4.69) is 4.72 Å². The van der Waals surface area contributed by atoms with E-state index in [-0.39, 0.29) is 16.5 Å². The van der Waals surface area contributed by atoms with Crippen LogP contribution in [0, 0.1) is 5.82 Å². The summed E-state index contributed by atoms with van der Waals surface area (Å²) in [7, 11) is -3.83. The molecule has 4 nitrogen and oxygen atoms in total. The van der Waals surface area contributed by atoms with Crippen molar-refractivity contribution in [1.29, 1.82) is 0 Å². The van der Waals surface area contributed by atoms with Gasteiger partial charge in [-0.15, -0.1) is 0 Å². The lowest BCUT2D eigenvalue weighted by Crippen LogP contribution is -2.35. The van der Waals surface area contributed by atoms with Crippen LogP contribution in [-0.4, -0.2) is 26.2 Å². The summed E-state index contributed by atoms with van der Waals surface area (Å²) in [5, 5.41) is 8.54.